The van der Waals surface area contributed by atoms with Crippen LogP contribution in [0.3, 0.4) is 0 Å². The van der Waals surface area contributed by atoms with Crippen LogP contribution in [-0.4, -0.2) is 84.8 Å². The number of nitrogens with one attached hydrogen (secondary N) is 2. The van der Waals surface area contributed by atoms with Crippen molar-refractivity contribution in [2.45, 2.75) is 30.8 Å². The van der Waals surface area contributed by atoms with Crippen LogP contribution in [0.2, 0.25) is 0 Å². The number of carbonyl (C=O) groups is 2. The number of benzene rings is 1. The Labute approximate surface area is 237 Å². The Kier molecular flexibility index (Phi) is 9.02. The molecule has 0 unspecified atom stereocenters. The molecule has 5 rings (SSSR count). The second kappa shape index (κ2) is 12.5. The summed E-state index contributed by atoms with van der Waals surface area (Å²) in [6.07, 6.45) is -3.66. The molecular formula is C26H28F4N6O6. The van der Waals surface area contributed by atoms with Gasteiger partial charge in [-0.2, -0.15) is 18.2 Å². The van der Waals surface area contributed by atoms with Crippen molar-refractivity contribution in [2.24, 2.45) is 0 Å². The molecule has 3 aromatic rings. The van der Waals surface area contributed by atoms with Gasteiger partial charge in [-0.3, -0.25) is 4.98 Å². The molecule has 0 bridgehead atoms. The van der Waals surface area contributed by atoms with E-state index in [9.17, 15) is 18.0 Å². The Balaban J connectivity index is 0.000000517. The number of pyridine rings is 1. The van der Waals surface area contributed by atoms with Gasteiger partial charge < -0.3 is 34.9 Å². The Morgan fingerprint density at radius 3 is 2.40 bits per heavy atom. The van der Waals surface area contributed by atoms with Crippen molar-refractivity contribution >= 4 is 34.7 Å². The second-order valence-corrected chi connectivity index (χ2v) is 9.36. The van der Waals surface area contributed by atoms with Crippen molar-refractivity contribution in [3.05, 3.63) is 42.2 Å². The fraction of sp³-hybridized carbons (Fsp3) is 0.423. The Hall–Kier alpha value is -4.63. The van der Waals surface area contributed by atoms with Crippen molar-refractivity contribution < 1.29 is 46.5 Å². The van der Waals surface area contributed by atoms with E-state index in [0.717, 1.165) is 5.39 Å². The molecule has 0 aliphatic carbocycles. The van der Waals surface area contributed by atoms with E-state index in [0.29, 0.717) is 60.7 Å². The zero-order valence-corrected chi connectivity index (χ0v) is 22.6. The number of cyclic esters (lactones) is 1. The van der Waals surface area contributed by atoms with Gasteiger partial charge in [0, 0.05) is 43.6 Å². The summed E-state index contributed by atoms with van der Waals surface area (Å²) in [4.78, 5) is 36.0. The lowest BCUT2D eigenvalue weighted by Gasteiger charge is -2.36. The molecule has 2 aliphatic rings. The monoisotopic (exact) mass is 596 g/mol. The van der Waals surface area contributed by atoms with Gasteiger partial charge in [0.2, 0.25) is 5.95 Å². The lowest BCUT2D eigenvalue weighted by atomic mass is 9.90. The summed E-state index contributed by atoms with van der Waals surface area (Å²) in [5.41, 5.74) is -0.373. The number of piperidine rings is 1. The molecule has 42 heavy (non-hydrogen) atoms. The number of ether oxygens (including phenoxy) is 3. The number of nitrogens with zero attached hydrogens (tertiary/aromatic N) is 4. The predicted octanol–water partition coefficient (Wildman–Crippen LogP) is 3.66. The smallest absolute Gasteiger partial charge is 0.490 e. The first kappa shape index (κ1) is 30.3. The van der Waals surface area contributed by atoms with E-state index in [1.165, 1.54) is 0 Å². The molecule has 2 aliphatic heterocycles. The van der Waals surface area contributed by atoms with E-state index >= 15 is 4.39 Å². The highest BCUT2D eigenvalue weighted by Gasteiger charge is 2.39. The maximum absolute atomic E-state index is 15.6. The first-order valence-corrected chi connectivity index (χ1v) is 12.7. The minimum absolute atomic E-state index is 0.282. The van der Waals surface area contributed by atoms with Crippen molar-refractivity contribution in [1.29, 1.82) is 0 Å². The number of alkyl carbamates (subject to hydrolysis) is 1. The summed E-state index contributed by atoms with van der Waals surface area (Å²) in [6, 6.07) is 8.92. The number of amides is 1. The highest BCUT2D eigenvalue weighted by molar-refractivity contribution is 5.93. The molecule has 2 fully saturated rings. The average molecular weight is 597 g/mol. The van der Waals surface area contributed by atoms with Crippen molar-refractivity contribution in [3.8, 4) is 11.5 Å². The molecule has 12 nitrogen and oxygen atoms in total. The topological polar surface area (TPSA) is 148 Å². The van der Waals surface area contributed by atoms with Gasteiger partial charge in [-0.15, -0.1) is 0 Å². The Morgan fingerprint density at radius 2 is 1.86 bits per heavy atom. The lowest BCUT2D eigenvalue weighted by molar-refractivity contribution is -0.192. The molecule has 1 aromatic carbocycles. The number of carboxylic acids is 1. The van der Waals surface area contributed by atoms with Crippen LogP contribution in [0.25, 0.3) is 10.9 Å². The fourth-order valence-electron chi connectivity index (χ4n) is 4.42. The minimum atomic E-state index is -5.08. The van der Waals surface area contributed by atoms with Gasteiger partial charge in [-0.25, -0.2) is 19.0 Å². The van der Waals surface area contributed by atoms with E-state index in [-0.39, 0.29) is 18.9 Å². The Bertz CT molecular complexity index is 1420. The summed E-state index contributed by atoms with van der Waals surface area (Å²) >= 11 is 0. The summed E-state index contributed by atoms with van der Waals surface area (Å²) < 4.78 is 63.5. The van der Waals surface area contributed by atoms with E-state index in [2.05, 4.69) is 15.6 Å². The van der Waals surface area contributed by atoms with Crippen LogP contribution in [0.4, 0.5) is 34.1 Å². The molecule has 4 heterocycles. The molecule has 2 saturated heterocycles. The first-order chi connectivity index (χ1) is 19.9. The van der Waals surface area contributed by atoms with E-state index in [4.69, 9.17) is 34.1 Å². The van der Waals surface area contributed by atoms with E-state index in [1.807, 2.05) is 11.0 Å². The largest absolute Gasteiger partial charge is 0.493 e. The van der Waals surface area contributed by atoms with Crippen molar-refractivity contribution in [3.63, 3.8) is 0 Å². The standard InChI is InChI=1S/C24H27FN6O4.C2HF3O2/c1-33-18-11-16-17(12-19(18)34-2)29-22(30-21(16)27-13-15-14-28-23(32)35-15)31-9-6-24(25,7-10-31)20-5-3-4-8-26-20;3-2(4,5)1(6)7/h3-5,8,11-12,15H,6-7,9-10,13-14H2,1-2H3,(H,28,32)(H,27,29,30);(H,6,7)/t15-;/m1./s1. The van der Waals surface area contributed by atoms with Crippen LogP contribution in [0.1, 0.15) is 18.5 Å². The normalized spacial score (nSPS) is 17.9. The van der Waals surface area contributed by atoms with Crippen LogP contribution in [0.15, 0.2) is 36.5 Å². The molecule has 2 aromatic heterocycles. The van der Waals surface area contributed by atoms with Crippen LogP contribution >= 0.6 is 0 Å². The maximum Gasteiger partial charge on any atom is 0.490 e. The molecule has 0 spiro atoms. The van der Waals surface area contributed by atoms with Gasteiger partial charge in [0.15, 0.2) is 17.2 Å². The molecule has 1 amide bonds. The highest BCUT2D eigenvalue weighted by atomic mass is 19.4. The third-order valence-electron chi connectivity index (χ3n) is 6.64. The van der Waals surface area contributed by atoms with Crippen LogP contribution in [0, 0.1) is 0 Å². The average Bonchev–Trinajstić information content (AvgIpc) is 3.40. The number of aliphatic carboxylic acids is 1. The molecule has 226 valence electrons. The number of hydrogen-bond acceptors (Lipinski definition) is 10. The number of alkyl halides is 4. The number of anilines is 2. The zero-order chi connectivity index (χ0) is 30.5. The van der Waals surface area contributed by atoms with Crippen LogP contribution < -0.4 is 25.0 Å². The zero-order valence-electron chi connectivity index (χ0n) is 22.6. The summed E-state index contributed by atoms with van der Waals surface area (Å²) in [7, 11) is 3.13. The van der Waals surface area contributed by atoms with Gasteiger partial charge >= 0.3 is 18.2 Å². The first-order valence-electron chi connectivity index (χ1n) is 12.7. The predicted molar refractivity (Wildman–Crippen MR) is 142 cm³/mol. The van der Waals surface area contributed by atoms with Crippen LogP contribution in [-0.2, 0) is 15.2 Å². The summed E-state index contributed by atoms with van der Waals surface area (Å²) in [5.74, 6) is -0.620. The summed E-state index contributed by atoms with van der Waals surface area (Å²) in [5, 5.41) is 13.8. The van der Waals surface area contributed by atoms with E-state index in [1.54, 1.807) is 44.7 Å². The van der Waals surface area contributed by atoms with Crippen molar-refractivity contribution in [1.82, 2.24) is 20.3 Å². The van der Waals surface area contributed by atoms with Gasteiger partial charge in [-0.1, -0.05) is 6.07 Å². The van der Waals surface area contributed by atoms with Gasteiger partial charge in [-0.05, 0) is 18.2 Å². The Morgan fingerprint density at radius 1 is 1.19 bits per heavy atom. The maximum atomic E-state index is 15.6. The fourth-order valence-corrected chi connectivity index (χ4v) is 4.42. The van der Waals surface area contributed by atoms with E-state index < -0.39 is 23.9 Å². The quantitative estimate of drug-likeness (QED) is 0.343. The molecule has 16 heteroatoms. The minimum Gasteiger partial charge on any atom is -0.493 e. The van der Waals surface area contributed by atoms with Gasteiger partial charge in [0.25, 0.3) is 0 Å². The third kappa shape index (κ3) is 6.98. The number of aromatic nitrogens is 3. The number of carboxylic acid groups (broad SMARTS) is 1. The highest BCUT2D eigenvalue weighted by Crippen LogP contribution is 2.38. The number of halogens is 4. The number of hydrogen-bond donors (Lipinski definition) is 3. The van der Waals surface area contributed by atoms with Crippen molar-refractivity contribution in [2.75, 3.05) is 50.6 Å². The molecule has 0 radical (unpaired) electrons. The molecule has 3 N–H and O–H groups in total. The SMILES string of the molecule is COc1cc2nc(N3CCC(F)(c4ccccn4)CC3)nc(NC[C@@H]3CNC(=O)O3)c2cc1OC.O=C(O)C(F)(F)F. The second-order valence-electron chi connectivity index (χ2n) is 9.36. The van der Waals surface area contributed by atoms with Gasteiger partial charge in [0.1, 0.15) is 11.9 Å². The van der Waals surface area contributed by atoms with Gasteiger partial charge in [0.05, 0.1) is 38.5 Å². The number of fused-ring (bicyclic) bond motifs is 1. The van der Waals surface area contributed by atoms with Crippen LogP contribution in [0.5, 0.6) is 11.5 Å². The third-order valence-corrected chi connectivity index (χ3v) is 6.64. The lowest BCUT2D eigenvalue weighted by Crippen LogP contribution is -2.41. The summed E-state index contributed by atoms with van der Waals surface area (Å²) in [6.45, 7) is 1.66. The number of carbonyl (C=O) groups excluding carboxylic acids is 1. The number of methoxy groups -OCH3 is 2. The molecular weight excluding hydrogens is 568 g/mol. The molecule has 1 atom stereocenters. The number of rotatable bonds is 7. The molecule has 0 saturated carbocycles.